The quantitative estimate of drug-likeness (QED) is 0.512. The van der Waals surface area contributed by atoms with Crippen LogP contribution in [0.1, 0.15) is 28.2 Å². The number of fused-ring (bicyclic) bond motifs is 2. The first-order valence-electron chi connectivity index (χ1n) is 12.0. The summed E-state index contributed by atoms with van der Waals surface area (Å²) in [5, 5.41) is 3.67. The highest BCUT2D eigenvalue weighted by Crippen LogP contribution is 2.32. The van der Waals surface area contributed by atoms with Gasteiger partial charge in [-0.1, -0.05) is 17.3 Å². The largest absolute Gasteiger partial charge is 0.488 e. The van der Waals surface area contributed by atoms with Crippen LogP contribution in [-0.4, -0.2) is 80.0 Å². The first-order valence-corrected chi connectivity index (χ1v) is 13.5. The van der Waals surface area contributed by atoms with Crippen LogP contribution in [0.2, 0.25) is 0 Å². The van der Waals surface area contributed by atoms with Crippen LogP contribution in [0.25, 0.3) is 0 Å². The average Bonchev–Trinajstić information content (AvgIpc) is 3.24. The predicted octanol–water partition coefficient (Wildman–Crippen LogP) is 2.14. The van der Waals surface area contributed by atoms with Crippen molar-refractivity contribution in [2.75, 3.05) is 39.8 Å². The van der Waals surface area contributed by atoms with Gasteiger partial charge in [0.2, 0.25) is 21.8 Å². The van der Waals surface area contributed by atoms with Crippen LogP contribution in [0, 0.1) is 13.8 Å². The van der Waals surface area contributed by atoms with Gasteiger partial charge in [0.1, 0.15) is 22.8 Å². The zero-order chi connectivity index (χ0) is 27.3. The van der Waals surface area contributed by atoms with Crippen molar-refractivity contribution in [3.8, 4) is 17.4 Å². The van der Waals surface area contributed by atoms with E-state index >= 15 is 0 Å². The molecule has 0 saturated heterocycles. The van der Waals surface area contributed by atoms with Crippen molar-refractivity contribution >= 4 is 21.8 Å². The van der Waals surface area contributed by atoms with Gasteiger partial charge in [0.25, 0.3) is 5.91 Å². The molecule has 13 heteroatoms. The minimum atomic E-state index is -3.89. The number of ether oxygens (including phenoxy) is 2. The van der Waals surface area contributed by atoms with Crippen molar-refractivity contribution in [2.24, 2.45) is 0 Å². The molecule has 0 aliphatic carbocycles. The van der Waals surface area contributed by atoms with Crippen molar-refractivity contribution in [3.63, 3.8) is 0 Å². The number of likely N-dealkylation sites (N-methyl/N-ethyl adjacent to an activating group) is 1. The summed E-state index contributed by atoms with van der Waals surface area (Å²) >= 11 is 0. The molecule has 0 spiro atoms. The van der Waals surface area contributed by atoms with E-state index in [0.717, 1.165) is 0 Å². The standard InChI is InChI=1S/C25H29N5O7S/c1-17-23(18(2)37-28-17)38(33,34)27-12-10-22(31)30-14-13-29(3)25(32)19-7-6-11-26-24(19)36-21-9-5-4-8-20(21)35-16-15-30/h4-9,11,27H,10,12-16H2,1-3H3. The maximum atomic E-state index is 13.2. The molecule has 0 fully saturated rings. The lowest BCUT2D eigenvalue weighted by atomic mass is 10.2. The van der Waals surface area contributed by atoms with Crippen LogP contribution in [-0.2, 0) is 14.8 Å². The Morgan fingerprint density at radius 3 is 2.58 bits per heavy atom. The molecule has 1 aliphatic heterocycles. The van der Waals surface area contributed by atoms with Gasteiger partial charge in [-0.05, 0) is 38.1 Å². The molecule has 3 heterocycles. The zero-order valence-corrected chi connectivity index (χ0v) is 22.2. The lowest BCUT2D eigenvalue weighted by Gasteiger charge is -2.26. The summed E-state index contributed by atoms with van der Waals surface area (Å²) in [6.45, 7) is 3.75. The van der Waals surface area contributed by atoms with Gasteiger partial charge in [-0.15, -0.1) is 0 Å². The van der Waals surface area contributed by atoms with Crippen molar-refractivity contribution < 1.29 is 32.0 Å². The summed E-state index contributed by atoms with van der Waals surface area (Å²) in [4.78, 5) is 33.5. The summed E-state index contributed by atoms with van der Waals surface area (Å²) in [6.07, 6.45) is 1.45. The highest BCUT2D eigenvalue weighted by molar-refractivity contribution is 7.89. The van der Waals surface area contributed by atoms with Crippen molar-refractivity contribution in [3.05, 3.63) is 59.6 Å². The van der Waals surface area contributed by atoms with E-state index in [4.69, 9.17) is 14.0 Å². The fourth-order valence-electron chi connectivity index (χ4n) is 3.98. The molecular weight excluding hydrogens is 514 g/mol. The lowest BCUT2D eigenvalue weighted by molar-refractivity contribution is -0.131. The molecule has 1 aromatic carbocycles. The third kappa shape index (κ3) is 6.11. The highest BCUT2D eigenvalue weighted by atomic mass is 32.2. The van der Waals surface area contributed by atoms with E-state index in [1.807, 2.05) is 0 Å². The number of aryl methyl sites for hydroxylation is 2. The van der Waals surface area contributed by atoms with E-state index in [1.165, 1.54) is 24.9 Å². The van der Waals surface area contributed by atoms with E-state index < -0.39 is 10.0 Å². The fourth-order valence-corrected chi connectivity index (χ4v) is 5.34. The third-order valence-corrected chi connectivity index (χ3v) is 7.65. The third-order valence-electron chi connectivity index (χ3n) is 5.95. The molecule has 12 nitrogen and oxygen atoms in total. The van der Waals surface area contributed by atoms with Gasteiger partial charge in [0.05, 0.1) is 6.54 Å². The fraction of sp³-hybridized carbons (Fsp3) is 0.360. The summed E-state index contributed by atoms with van der Waals surface area (Å²) in [5.74, 6) is 0.532. The Hall–Kier alpha value is -3.97. The highest BCUT2D eigenvalue weighted by Gasteiger charge is 2.25. The maximum absolute atomic E-state index is 13.2. The van der Waals surface area contributed by atoms with Crippen LogP contribution in [0.3, 0.4) is 0 Å². The number of aromatic nitrogens is 2. The maximum Gasteiger partial charge on any atom is 0.259 e. The smallest absolute Gasteiger partial charge is 0.259 e. The number of amides is 2. The summed E-state index contributed by atoms with van der Waals surface area (Å²) in [7, 11) is -2.27. The Morgan fingerprint density at radius 2 is 1.84 bits per heavy atom. The molecule has 3 aromatic rings. The monoisotopic (exact) mass is 543 g/mol. The number of nitrogens with zero attached hydrogens (tertiary/aromatic N) is 4. The molecule has 38 heavy (non-hydrogen) atoms. The van der Waals surface area contributed by atoms with E-state index in [9.17, 15) is 18.0 Å². The van der Waals surface area contributed by atoms with Gasteiger partial charge in [-0.3, -0.25) is 9.59 Å². The molecule has 0 atom stereocenters. The number of nitrogens with one attached hydrogen (secondary N) is 1. The normalized spacial score (nSPS) is 14.8. The van der Waals surface area contributed by atoms with E-state index in [2.05, 4.69) is 14.9 Å². The molecule has 0 radical (unpaired) electrons. The van der Waals surface area contributed by atoms with Crippen molar-refractivity contribution in [1.29, 1.82) is 0 Å². The minimum Gasteiger partial charge on any atom is -0.488 e. The Bertz CT molecular complexity index is 1400. The number of hydrogen-bond acceptors (Lipinski definition) is 9. The number of rotatable bonds is 5. The minimum absolute atomic E-state index is 0.0310. The molecule has 2 amide bonds. The second kappa shape index (κ2) is 11.6. The molecule has 4 rings (SSSR count). The van der Waals surface area contributed by atoms with Crippen LogP contribution < -0.4 is 14.2 Å². The van der Waals surface area contributed by atoms with Gasteiger partial charge >= 0.3 is 0 Å². The zero-order valence-electron chi connectivity index (χ0n) is 21.3. The predicted molar refractivity (Wildman–Crippen MR) is 136 cm³/mol. The molecule has 1 aliphatic rings. The number of carbonyl (C=O) groups is 2. The Labute approximate surface area is 220 Å². The van der Waals surface area contributed by atoms with E-state index in [1.54, 1.807) is 48.3 Å². The number of pyridine rings is 1. The Balaban J connectivity index is 1.48. The molecule has 1 N–H and O–H groups in total. The number of sulfonamides is 1. The molecular formula is C25H29N5O7S. The molecule has 0 saturated carbocycles. The van der Waals surface area contributed by atoms with Gasteiger partial charge in [0, 0.05) is 39.3 Å². The second-order valence-electron chi connectivity index (χ2n) is 8.66. The van der Waals surface area contributed by atoms with Gasteiger partial charge in [0.15, 0.2) is 17.3 Å². The van der Waals surface area contributed by atoms with E-state index in [0.29, 0.717) is 11.5 Å². The van der Waals surface area contributed by atoms with Gasteiger partial charge in [-0.25, -0.2) is 18.1 Å². The topological polar surface area (TPSA) is 144 Å². The Morgan fingerprint density at radius 1 is 1.08 bits per heavy atom. The lowest BCUT2D eigenvalue weighted by Crippen LogP contribution is -2.42. The van der Waals surface area contributed by atoms with Gasteiger partial charge in [-0.2, -0.15) is 0 Å². The van der Waals surface area contributed by atoms with Crippen LogP contribution >= 0.6 is 0 Å². The van der Waals surface area contributed by atoms with Crippen LogP contribution in [0.5, 0.6) is 17.4 Å². The van der Waals surface area contributed by atoms with Crippen LogP contribution in [0.15, 0.2) is 52.0 Å². The first-order chi connectivity index (χ1) is 18.2. The van der Waals surface area contributed by atoms with Crippen molar-refractivity contribution in [1.82, 2.24) is 24.7 Å². The molecule has 2 aromatic heterocycles. The Kier molecular flexibility index (Phi) is 8.27. The molecule has 0 unspecified atom stereocenters. The van der Waals surface area contributed by atoms with Gasteiger partial charge < -0.3 is 23.8 Å². The summed E-state index contributed by atoms with van der Waals surface area (Å²) in [6, 6.07) is 10.3. The molecule has 202 valence electrons. The van der Waals surface area contributed by atoms with E-state index in [-0.39, 0.29) is 78.8 Å². The molecule has 0 bridgehead atoms. The van der Waals surface area contributed by atoms with Crippen molar-refractivity contribution in [2.45, 2.75) is 25.2 Å². The van der Waals surface area contributed by atoms with Crippen LogP contribution in [0.4, 0.5) is 0 Å². The second-order valence-corrected chi connectivity index (χ2v) is 10.4. The first kappa shape index (κ1) is 27.1. The number of benzene rings is 1. The SMILES string of the molecule is Cc1noc(C)c1S(=O)(=O)NCCC(=O)N1CCOc2ccccc2Oc2ncccc2C(=O)N(C)CC1. The average molecular weight is 544 g/mol. The number of para-hydroxylation sites is 2. The summed E-state index contributed by atoms with van der Waals surface area (Å²) < 4.78 is 44.5. The number of hydrogen-bond donors (Lipinski definition) is 1. The number of carbonyl (C=O) groups excluding carboxylic acids is 2. The summed E-state index contributed by atoms with van der Waals surface area (Å²) in [5.41, 5.74) is 0.516.